The van der Waals surface area contributed by atoms with Crippen LogP contribution < -0.4 is 14.8 Å². The van der Waals surface area contributed by atoms with Gasteiger partial charge in [-0.05, 0) is 43.5 Å². The Morgan fingerprint density at radius 1 is 1.16 bits per heavy atom. The summed E-state index contributed by atoms with van der Waals surface area (Å²) in [7, 11) is 0. The van der Waals surface area contributed by atoms with Crippen molar-refractivity contribution >= 4 is 52.7 Å². The molecule has 0 atom stereocenters. The molecule has 32 heavy (non-hydrogen) atoms. The normalized spacial score (nSPS) is 12.0. The highest BCUT2D eigenvalue weighted by Gasteiger charge is 2.28. The Hall–Kier alpha value is -2.88. The molecule has 3 aromatic rings. The smallest absolute Gasteiger partial charge is 0.359 e. The van der Waals surface area contributed by atoms with E-state index >= 15 is 0 Å². The van der Waals surface area contributed by atoms with Gasteiger partial charge in [-0.25, -0.2) is 9.78 Å². The minimum Gasteiger partial charge on any atom is -0.461 e. The highest BCUT2D eigenvalue weighted by molar-refractivity contribution is 7.98. The molecular formula is C21H17Cl2N3O5S. The highest BCUT2D eigenvalue weighted by Crippen LogP contribution is 2.36. The second-order valence-corrected chi connectivity index (χ2v) is 8.06. The van der Waals surface area contributed by atoms with Crippen molar-refractivity contribution in [2.24, 2.45) is 0 Å². The molecule has 0 unspecified atom stereocenters. The van der Waals surface area contributed by atoms with Crippen molar-refractivity contribution in [1.29, 1.82) is 0 Å². The molecule has 1 aliphatic rings. The van der Waals surface area contributed by atoms with Gasteiger partial charge in [-0.2, -0.15) is 0 Å². The van der Waals surface area contributed by atoms with Crippen LogP contribution in [0.25, 0.3) is 5.69 Å². The lowest BCUT2D eigenvalue weighted by atomic mass is 10.2. The number of imidazole rings is 1. The fourth-order valence-corrected chi connectivity index (χ4v) is 3.95. The second kappa shape index (κ2) is 9.32. The molecule has 1 N–H and O–H groups in total. The van der Waals surface area contributed by atoms with Crippen LogP contribution in [0, 0.1) is 0 Å². The van der Waals surface area contributed by atoms with Gasteiger partial charge in [-0.3, -0.25) is 9.36 Å². The molecule has 0 saturated heterocycles. The molecule has 11 heteroatoms. The quantitative estimate of drug-likeness (QED) is 0.378. The Morgan fingerprint density at radius 3 is 2.66 bits per heavy atom. The maximum Gasteiger partial charge on any atom is 0.359 e. The van der Waals surface area contributed by atoms with Crippen LogP contribution in [0.5, 0.6) is 11.5 Å². The Morgan fingerprint density at radius 2 is 1.94 bits per heavy atom. The summed E-state index contributed by atoms with van der Waals surface area (Å²) in [4.78, 5) is 30.2. The third kappa shape index (κ3) is 4.23. The number of halogens is 2. The van der Waals surface area contributed by atoms with Crippen LogP contribution in [0.3, 0.4) is 0 Å². The fourth-order valence-electron chi connectivity index (χ4n) is 3.09. The van der Waals surface area contributed by atoms with Crippen LogP contribution in [-0.2, 0) is 4.74 Å². The number of hydrogen-bond donors (Lipinski definition) is 1. The molecule has 4 rings (SSSR count). The first kappa shape index (κ1) is 22.3. The molecule has 0 fully saturated rings. The van der Waals surface area contributed by atoms with E-state index in [-0.39, 0.29) is 35.5 Å². The van der Waals surface area contributed by atoms with Crippen molar-refractivity contribution in [2.45, 2.75) is 12.1 Å². The maximum atomic E-state index is 12.9. The Labute approximate surface area is 197 Å². The van der Waals surface area contributed by atoms with Crippen LogP contribution in [0.15, 0.2) is 41.6 Å². The highest BCUT2D eigenvalue weighted by atomic mass is 35.5. The number of benzene rings is 2. The van der Waals surface area contributed by atoms with Crippen molar-refractivity contribution in [2.75, 3.05) is 25.0 Å². The van der Waals surface area contributed by atoms with E-state index in [2.05, 4.69) is 10.3 Å². The molecule has 0 bridgehead atoms. The first-order valence-corrected chi connectivity index (χ1v) is 11.4. The van der Waals surface area contributed by atoms with E-state index in [9.17, 15) is 9.59 Å². The van der Waals surface area contributed by atoms with E-state index in [1.165, 1.54) is 30.0 Å². The zero-order valence-electron chi connectivity index (χ0n) is 17.0. The van der Waals surface area contributed by atoms with Crippen LogP contribution >= 0.6 is 35.0 Å². The predicted molar refractivity (Wildman–Crippen MR) is 122 cm³/mol. The third-order valence-electron chi connectivity index (χ3n) is 4.53. The van der Waals surface area contributed by atoms with E-state index in [4.69, 9.17) is 37.4 Å². The van der Waals surface area contributed by atoms with Gasteiger partial charge in [0, 0.05) is 11.6 Å². The minimum absolute atomic E-state index is 0.0570. The van der Waals surface area contributed by atoms with Crippen molar-refractivity contribution in [3.8, 4) is 17.2 Å². The van der Waals surface area contributed by atoms with Gasteiger partial charge in [0.05, 0.1) is 22.3 Å². The molecule has 1 aliphatic heterocycles. The molecule has 8 nitrogen and oxygen atoms in total. The second-order valence-electron chi connectivity index (χ2n) is 6.47. The van der Waals surface area contributed by atoms with Gasteiger partial charge in [0.15, 0.2) is 28.2 Å². The lowest BCUT2D eigenvalue weighted by Crippen LogP contribution is -2.18. The number of hydrogen-bond acceptors (Lipinski definition) is 7. The Bertz CT molecular complexity index is 1210. The standard InChI is InChI=1S/C21H17Cl2N3O5S/c1-3-29-20(28)17-18(24-19(27)11-4-6-13(22)14(23)8-11)25-21(32-2)26(17)12-5-7-15-16(9-12)31-10-30-15/h4-9H,3,10H2,1-2H3,(H,24,27). The summed E-state index contributed by atoms with van der Waals surface area (Å²) in [6.07, 6.45) is 1.81. The van der Waals surface area contributed by atoms with E-state index in [0.717, 1.165) is 0 Å². The number of amides is 1. The topological polar surface area (TPSA) is 91.7 Å². The largest absolute Gasteiger partial charge is 0.461 e. The molecular weight excluding hydrogens is 477 g/mol. The SMILES string of the molecule is CCOC(=O)c1c(NC(=O)c2ccc(Cl)c(Cl)c2)nc(SC)n1-c1ccc2c(c1)OCO2. The third-order valence-corrected chi connectivity index (χ3v) is 5.90. The summed E-state index contributed by atoms with van der Waals surface area (Å²) in [6, 6.07) is 9.72. The summed E-state index contributed by atoms with van der Waals surface area (Å²) in [5.41, 5.74) is 0.935. The zero-order chi connectivity index (χ0) is 22.8. The summed E-state index contributed by atoms with van der Waals surface area (Å²) >= 11 is 13.3. The van der Waals surface area contributed by atoms with Gasteiger partial charge >= 0.3 is 5.97 Å². The van der Waals surface area contributed by atoms with E-state index in [1.54, 1.807) is 29.7 Å². The van der Waals surface area contributed by atoms with Crippen LogP contribution in [0.2, 0.25) is 10.0 Å². The maximum absolute atomic E-state index is 12.9. The first-order chi connectivity index (χ1) is 15.4. The Kier molecular flexibility index (Phi) is 6.50. The van der Waals surface area contributed by atoms with Crippen LogP contribution in [-0.4, -0.2) is 41.1 Å². The van der Waals surface area contributed by atoms with Crippen LogP contribution in [0.1, 0.15) is 27.8 Å². The van der Waals surface area contributed by atoms with Crippen molar-refractivity contribution < 1.29 is 23.8 Å². The van der Waals surface area contributed by atoms with Gasteiger partial charge in [-0.1, -0.05) is 35.0 Å². The number of nitrogens with one attached hydrogen (secondary N) is 1. The average molecular weight is 494 g/mol. The van der Waals surface area contributed by atoms with Gasteiger partial charge in [0.25, 0.3) is 5.91 Å². The molecule has 2 aromatic carbocycles. The number of aromatic nitrogens is 2. The molecule has 166 valence electrons. The number of thioether (sulfide) groups is 1. The number of nitrogens with zero attached hydrogens (tertiary/aromatic N) is 2. The van der Waals surface area contributed by atoms with Crippen molar-refractivity contribution in [3.63, 3.8) is 0 Å². The molecule has 0 spiro atoms. The molecule has 0 saturated carbocycles. The first-order valence-electron chi connectivity index (χ1n) is 9.43. The monoisotopic (exact) mass is 493 g/mol. The number of carbonyl (C=O) groups excluding carboxylic acids is 2. The number of ether oxygens (including phenoxy) is 3. The summed E-state index contributed by atoms with van der Waals surface area (Å²) in [5.74, 6) is 0.0610. The van der Waals surface area contributed by atoms with Gasteiger partial charge < -0.3 is 19.5 Å². The fraction of sp³-hybridized carbons (Fsp3) is 0.190. The van der Waals surface area contributed by atoms with E-state index in [0.29, 0.717) is 27.4 Å². The molecule has 2 heterocycles. The summed E-state index contributed by atoms with van der Waals surface area (Å²) in [5, 5.41) is 3.72. The number of carbonyl (C=O) groups is 2. The number of anilines is 1. The molecule has 0 aliphatic carbocycles. The Balaban J connectivity index is 1.79. The molecule has 1 amide bonds. The molecule has 1 aromatic heterocycles. The van der Waals surface area contributed by atoms with Gasteiger partial charge in [0.2, 0.25) is 6.79 Å². The summed E-state index contributed by atoms with van der Waals surface area (Å²) in [6.45, 7) is 1.97. The lowest BCUT2D eigenvalue weighted by Gasteiger charge is -2.12. The zero-order valence-corrected chi connectivity index (χ0v) is 19.3. The van der Waals surface area contributed by atoms with Crippen LogP contribution in [0.4, 0.5) is 5.82 Å². The number of fused-ring (bicyclic) bond motifs is 1. The number of esters is 1. The van der Waals surface area contributed by atoms with Crippen molar-refractivity contribution in [3.05, 3.63) is 57.7 Å². The predicted octanol–water partition coefficient (Wildman–Crippen LogP) is 5.06. The van der Waals surface area contributed by atoms with Gasteiger partial charge in [-0.15, -0.1) is 0 Å². The average Bonchev–Trinajstić information content (AvgIpc) is 3.39. The van der Waals surface area contributed by atoms with Crippen molar-refractivity contribution in [1.82, 2.24) is 9.55 Å². The molecule has 0 radical (unpaired) electrons. The number of rotatable bonds is 6. The van der Waals surface area contributed by atoms with E-state index < -0.39 is 11.9 Å². The lowest BCUT2D eigenvalue weighted by molar-refractivity contribution is 0.0517. The minimum atomic E-state index is -0.637. The summed E-state index contributed by atoms with van der Waals surface area (Å²) < 4.78 is 17.7. The van der Waals surface area contributed by atoms with E-state index in [1.807, 2.05) is 6.26 Å². The van der Waals surface area contributed by atoms with Gasteiger partial charge in [0.1, 0.15) is 0 Å².